The molecule has 1 aliphatic heterocycles. The van der Waals surface area contributed by atoms with E-state index in [2.05, 4.69) is 10.1 Å². The number of hydrogen-bond donors (Lipinski definition) is 0. The zero-order valence-electron chi connectivity index (χ0n) is 17.0. The second-order valence-corrected chi connectivity index (χ2v) is 8.55. The van der Waals surface area contributed by atoms with E-state index in [-0.39, 0.29) is 0 Å². The molecule has 0 N–H and O–H groups in total. The van der Waals surface area contributed by atoms with Gasteiger partial charge < -0.3 is 14.3 Å². The number of benzene rings is 1. The highest BCUT2D eigenvalue weighted by atomic mass is 35.5. The molecule has 0 aliphatic carbocycles. The fraction of sp³-hybridized carbons (Fsp3) is 0.474. The van der Waals surface area contributed by atoms with Gasteiger partial charge in [0.05, 0.1) is 42.0 Å². The Balaban J connectivity index is 1.64. The highest BCUT2D eigenvalue weighted by Crippen LogP contribution is 2.28. The molecule has 12 heteroatoms. The lowest BCUT2D eigenvalue weighted by atomic mass is 10.3. The van der Waals surface area contributed by atoms with E-state index in [0.29, 0.717) is 59.4 Å². The first kappa shape index (κ1) is 23.8. The normalized spacial score (nSPS) is 15.5. The van der Waals surface area contributed by atoms with Crippen molar-refractivity contribution in [1.29, 1.82) is 0 Å². The first-order chi connectivity index (χ1) is 14.9. The standard InChI is InChI=1S/C19H22Cl2N4O5S/c1-3-4-16(29-17(26)18(27)30-24-7-9-28-10-8-24)31-19-22-12(2)25(23-19)13-5-6-14(20)15(21)11-13/h5-6,11,16H,3-4,7-10H2,1-2H3. The number of esters is 1. The average molecular weight is 489 g/mol. The van der Waals surface area contributed by atoms with Crippen LogP contribution in [0.25, 0.3) is 5.69 Å². The van der Waals surface area contributed by atoms with Gasteiger partial charge in [-0.1, -0.05) is 36.5 Å². The van der Waals surface area contributed by atoms with Crippen LogP contribution in [0.5, 0.6) is 0 Å². The Hall–Kier alpha value is -1.85. The number of carbonyl (C=O) groups excluding carboxylic acids is 2. The number of carbonyl (C=O) groups is 2. The fourth-order valence-corrected chi connectivity index (χ4v) is 4.06. The molecule has 1 unspecified atom stereocenters. The van der Waals surface area contributed by atoms with Gasteiger partial charge in [0, 0.05) is 0 Å². The van der Waals surface area contributed by atoms with Crippen molar-refractivity contribution in [2.45, 2.75) is 37.3 Å². The molecule has 9 nitrogen and oxygen atoms in total. The van der Waals surface area contributed by atoms with Crippen LogP contribution in [0.15, 0.2) is 23.4 Å². The lowest BCUT2D eigenvalue weighted by molar-refractivity contribution is -0.211. The number of hydroxylamine groups is 2. The summed E-state index contributed by atoms with van der Waals surface area (Å²) in [5.41, 5.74) is 0.0585. The molecule has 3 rings (SSSR count). The van der Waals surface area contributed by atoms with Crippen molar-refractivity contribution in [2.24, 2.45) is 0 Å². The van der Waals surface area contributed by atoms with Crippen LogP contribution in [0.2, 0.25) is 10.0 Å². The van der Waals surface area contributed by atoms with E-state index in [4.69, 9.17) is 37.5 Å². The van der Waals surface area contributed by atoms with Gasteiger partial charge in [0.25, 0.3) is 0 Å². The van der Waals surface area contributed by atoms with Gasteiger partial charge in [-0.25, -0.2) is 19.3 Å². The summed E-state index contributed by atoms with van der Waals surface area (Å²) in [6.07, 6.45) is 1.25. The number of thioether (sulfide) groups is 1. The molecule has 1 fully saturated rings. The molecule has 0 saturated carbocycles. The minimum Gasteiger partial charge on any atom is -0.442 e. The Morgan fingerprint density at radius 1 is 1.23 bits per heavy atom. The van der Waals surface area contributed by atoms with Crippen molar-refractivity contribution in [3.8, 4) is 5.69 Å². The number of hydrogen-bond acceptors (Lipinski definition) is 9. The van der Waals surface area contributed by atoms with Crippen LogP contribution >= 0.6 is 35.0 Å². The van der Waals surface area contributed by atoms with Crippen molar-refractivity contribution < 1.29 is 23.9 Å². The Morgan fingerprint density at radius 3 is 2.65 bits per heavy atom. The highest BCUT2D eigenvalue weighted by Gasteiger charge is 2.27. The van der Waals surface area contributed by atoms with Crippen molar-refractivity contribution >= 4 is 46.9 Å². The third-order valence-electron chi connectivity index (χ3n) is 4.25. The van der Waals surface area contributed by atoms with Gasteiger partial charge in [-0.3, -0.25) is 0 Å². The lowest BCUT2D eigenvalue weighted by Gasteiger charge is -2.24. The van der Waals surface area contributed by atoms with Gasteiger partial charge >= 0.3 is 11.9 Å². The maximum Gasteiger partial charge on any atom is 0.436 e. The number of morpholine rings is 1. The molecule has 1 aromatic carbocycles. The monoisotopic (exact) mass is 488 g/mol. The molecule has 168 valence electrons. The number of rotatable bonds is 7. The van der Waals surface area contributed by atoms with Gasteiger partial charge in [-0.2, -0.15) is 0 Å². The number of halogens is 2. The van der Waals surface area contributed by atoms with Crippen molar-refractivity contribution in [2.75, 3.05) is 26.3 Å². The van der Waals surface area contributed by atoms with E-state index in [0.717, 1.165) is 18.2 Å². The third kappa shape index (κ3) is 6.56. The molecule has 0 radical (unpaired) electrons. The van der Waals surface area contributed by atoms with E-state index in [1.165, 1.54) is 5.06 Å². The average Bonchev–Trinajstić information content (AvgIpc) is 3.10. The molecule has 1 atom stereocenters. The predicted molar refractivity (Wildman–Crippen MR) is 115 cm³/mol. The number of ether oxygens (including phenoxy) is 2. The highest BCUT2D eigenvalue weighted by molar-refractivity contribution is 7.99. The van der Waals surface area contributed by atoms with Crippen LogP contribution in [0.4, 0.5) is 0 Å². The molecule has 31 heavy (non-hydrogen) atoms. The molecular weight excluding hydrogens is 467 g/mol. The minimum absolute atomic E-state index is 0.399. The van der Waals surface area contributed by atoms with Crippen LogP contribution in [0.3, 0.4) is 0 Å². The largest absolute Gasteiger partial charge is 0.442 e. The summed E-state index contributed by atoms with van der Waals surface area (Å²) in [6, 6.07) is 5.13. The third-order valence-corrected chi connectivity index (χ3v) is 5.96. The number of nitrogens with zero attached hydrogens (tertiary/aromatic N) is 4. The zero-order valence-corrected chi connectivity index (χ0v) is 19.4. The Kier molecular flexibility index (Phi) is 8.56. The fourth-order valence-electron chi connectivity index (χ4n) is 2.73. The Bertz CT molecular complexity index is 936. The van der Waals surface area contributed by atoms with Gasteiger partial charge in [0.2, 0.25) is 5.16 Å². The molecular formula is C19H22Cl2N4O5S. The number of aryl methyl sites for hydroxylation is 1. The van der Waals surface area contributed by atoms with E-state index >= 15 is 0 Å². The van der Waals surface area contributed by atoms with Crippen molar-refractivity contribution in [3.05, 3.63) is 34.1 Å². The first-order valence-electron chi connectivity index (χ1n) is 9.68. The summed E-state index contributed by atoms with van der Waals surface area (Å²) in [7, 11) is 0. The summed E-state index contributed by atoms with van der Waals surface area (Å²) in [4.78, 5) is 33.7. The molecule has 0 bridgehead atoms. The van der Waals surface area contributed by atoms with Gasteiger partial charge in [-0.05, 0) is 43.3 Å². The van der Waals surface area contributed by atoms with Crippen LogP contribution in [0, 0.1) is 6.92 Å². The lowest BCUT2D eigenvalue weighted by Crippen LogP contribution is -2.40. The molecule has 1 aromatic heterocycles. The Labute approximate surface area is 193 Å². The summed E-state index contributed by atoms with van der Waals surface area (Å²) >= 11 is 13.2. The molecule has 2 heterocycles. The SMILES string of the molecule is CCCC(OC(=O)C(=O)ON1CCOCC1)Sc1nc(C)n(-c2ccc(Cl)c(Cl)c2)n1. The Morgan fingerprint density at radius 2 is 1.97 bits per heavy atom. The molecule has 2 aromatic rings. The smallest absolute Gasteiger partial charge is 0.436 e. The summed E-state index contributed by atoms with van der Waals surface area (Å²) < 4.78 is 12.1. The van der Waals surface area contributed by atoms with Crippen LogP contribution in [-0.4, -0.2) is 63.5 Å². The van der Waals surface area contributed by atoms with E-state index < -0.39 is 17.4 Å². The number of aromatic nitrogens is 3. The van der Waals surface area contributed by atoms with Gasteiger partial charge in [0.15, 0.2) is 5.44 Å². The summed E-state index contributed by atoms with van der Waals surface area (Å²) in [5, 5.41) is 7.09. The van der Waals surface area contributed by atoms with Crippen LogP contribution in [0.1, 0.15) is 25.6 Å². The van der Waals surface area contributed by atoms with Crippen LogP contribution in [-0.2, 0) is 23.9 Å². The zero-order chi connectivity index (χ0) is 22.4. The molecule has 0 amide bonds. The second-order valence-electron chi connectivity index (χ2n) is 6.61. The predicted octanol–water partition coefficient (Wildman–Crippen LogP) is 3.43. The van der Waals surface area contributed by atoms with E-state index in [9.17, 15) is 9.59 Å². The van der Waals surface area contributed by atoms with E-state index in [1.807, 2.05) is 6.92 Å². The molecule has 1 aliphatic rings. The maximum absolute atomic E-state index is 12.2. The molecule has 1 saturated heterocycles. The molecule has 0 spiro atoms. The van der Waals surface area contributed by atoms with Gasteiger partial charge in [0.1, 0.15) is 5.82 Å². The quantitative estimate of drug-likeness (QED) is 0.251. The van der Waals surface area contributed by atoms with Crippen LogP contribution < -0.4 is 0 Å². The van der Waals surface area contributed by atoms with Crippen molar-refractivity contribution in [3.63, 3.8) is 0 Å². The minimum atomic E-state index is -1.06. The van der Waals surface area contributed by atoms with Crippen molar-refractivity contribution in [1.82, 2.24) is 19.8 Å². The first-order valence-corrected chi connectivity index (χ1v) is 11.3. The van der Waals surface area contributed by atoms with Gasteiger partial charge in [-0.15, -0.1) is 10.2 Å². The summed E-state index contributed by atoms with van der Waals surface area (Å²) in [6.45, 7) is 5.41. The maximum atomic E-state index is 12.2. The second kappa shape index (κ2) is 11.1. The van der Waals surface area contributed by atoms with E-state index in [1.54, 1.807) is 29.8 Å². The summed E-state index contributed by atoms with van der Waals surface area (Å²) in [5.74, 6) is -1.50. The topological polar surface area (TPSA) is 95.8 Å².